The highest BCUT2D eigenvalue weighted by Gasteiger charge is 2.39. The van der Waals surface area contributed by atoms with E-state index in [1.807, 2.05) is 68.4 Å². The van der Waals surface area contributed by atoms with Crippen molar-refractivity contribution in [2.75, 3.05) is 0 Å². The third kappa shape index (κ3) is 4.80. The van der Waals surface area contributed by atoms with Crippen molar-refractivity contribution in [2.24, 2.45) is 0 Å². The fourth-order valence-electron chi connectivity index (χ4n) is 7.33. The van der Waals surface area contributed by atoms with Gasteiger partial charge in [-0.05, 0) is 86.5 Å². The third-order valence-electron chi connectivity index (χ3n) is 9.40. The van der Waals surface area contributed by atoms with Gasteiger partial charge in [-0.15, -0.1) is 0 Å². The Morgan fingerprint density at radius 1 is 0.429 bits per heavy atom. The molecule has 0 N–H and O–H groups in total. The summed E-state index contributed by atoms with van der Waals surface area (Å²) in [6.07, 6.45) is -9.64. The maximum Gasteiger partial charge on any atom is 0.418 e. The summed E-state index contributed by atoms with van der Waals surface area (Å²) >= 11 is 0. The van der Waals surface area contributed by atoms with Gasteiger partial charge in [0.25, 0.3) is 0 Å². The van der Waals surface area contributed by atoms with E-state index in [-0.39, 0.29) is 28.1 Å². The number of nitrogens with zero attached hydrogens (tertiary/aromatic N) is 2. The van der Waals surface area contributed by atoms with Gasteiger partial charge in [-0.2, -0.15) is 26.3 Å². The number of aromatic nitrogens is 2. The average Bonchev–Trinajstić information content (AvgIpc) is 3.55. The molecule has 8 rings (SSSR count). The van der Waals surface area contributed by atoms with Crippen LogP contribution >= 0.6 is 0 Å². The Kier molecular flexibility index (Phi) is 6.76. The molecule has 2 aromatic heterocycles. The van der Waals surface area contributed by atoms with Crippen LogP contribution < -0.4 is 0 Å². The lowest BCUT2D eigenvalue weighted by Gasteiger charge is -2.24. The molecule has 0 aliphatic heterocycles. The number of benzene rings is 6. The molecule has 0 atom stereocenters. The molecule has 0 saturated heterocycles. The van der Waals surface area contributed by atoms with Crippen LogP contribution in [0.5, 0.6) is 0 Å². The van der Waals surface area contributed by atoms with Crippen molar-refractivity contribution in [3.63, 3.8) is 0 Å². The van der Waals surface area contributed by atoms with Gasteiger partial charge in [0.1, 0.15) is 0 Å². The highest BCUT2D eigenvalue weighted by Crippen LogP contribution is 2.48. The second-order valence-corrected chi connectivity index (χ2v) is 12.6. The van der Waals surface area contributed by atoms with Gasteiger partial charge < -0.3 is 9.13 Å². The van der Waals surface area contributed by atoms with Crippen molar-refractivity contribution >= 4 is 43.6 Å². The van der Waals surface area contributed by atoms with E-state index >= 15 is 13.2 Å². The Morgan fingerprint density at radius 3 is 1.45 bits per heavy atom. The van der Waals surface area contributed by atoms with Gasteiger partial charge in [0, 0.05) is 27.1 Å². The predicted octanol–water partition coefficient (Wildman–Crippen LogP) is 12.5. The number of halogens is 6. The van der Waals surface area contributed by atoms with Crippen LogP contribution in [0.3, 0.4) is 0 Å². The maximum atomic E-state index is 15.5. The zero-order valence-electron chi connectivity index (χ0n) is 26.6. The number of para-hydroxylation sites is 2. The lowest BCUT2D eigenvalue weighted by atomic mass is 9.91. The first-order valence-electron chi connectivity index (χ1n) is 15.8. The highest BCUT2D eigenvalue weighted by atomic mass is 19.4. The minimum absolute atomic E-state index is 0.00235. The van der Waals surface area contributed by atoms with Crippen LogP contribution in [-0.4, -0.2) is 9.13 Å². The molecule has 2 heterocycles. The van der Waals surface area contributed by atoms with E-state index in [1.54, 1.807) is 47.9 Å². The Labute approximate surface area is 277 Å². The molecule has 8 heteroatoms. The lowest BCUT2D eigenvalue weighted by Crippen LogP contribution is -2.15. The molecule has 0 saturated carbocycles. The van der Waals surface area contributed by atoms with Gasteiger partial charge in [-0.1, -0.05) is 71.8 Å². The molecule has 0 radical (unpaired) electrons. The molecule has 0 amide bonds. The largest absolute Gasteiger partial charge is 0.418 e. The van der Waals surface area contributed by atoms with E-state index in [0.717, 1.165) is 44.8 Å². The van der Waals surface area contributed by atoms with Crippen LogP contribution in [0.4, 0.5) is 26.3 Å². The number of rotatable bonds is 3. The van der Waals surface area contributed by atoms with E-state index < -0.39 is 23.5 Å². The fraction of sp³-hybridized carbons (Fsp3) is 0.122. The van der Waals surface area contributed by atoms with Crippen molar-refractivity contribution in [3.05, 3.63) is 143 Å². The molecule has 244 valence electrons. The van der Waals surface area contributed by atoms with Crippen LogP contribution in [-0.2, 0) is 12.4 Å². The van der Waals surface area contributed by atoms with Crippen molar-refractivity contribution < 1.29 is 26.3 Å². The molecule has 0 unspecified atom stereocenters. The zero-order chi connectivity index (χ0) is 34.4. The molecule has 0 fully saturated rings. The second-order valence-electron chi connectivity index (χ2n) is 12.6. The summed E-state index contributed by atoms with van der Waals surface area (Å²) < 4.78 is 94.2. The van der Waals surface area contributed by atoms with Crippen LogP contribution in [0.2, 0.25) is 0 Å². The molecule has 49 heavy (non-hydrogen) atoms. The Hall–Kier alpha value is -5.50. The first kappa shape index (κ1) is 30.8. The van der Waals surface area contributed by atoms with Gasteiger partial charge >= 0.3 is 12.4 Å². The van der Waals surface area contributed by atoms with E-state index in [2.05, 4.69) is 0 Å². The van der Waals surface area contributed by atoms with Gasteiger partial charge in [0.05, 0.1) is 44.6 Å². The molecular weight excluding hydrogens is 634 g/mol. The third-order valence-corrected chi connectivity index (χ3v) is 9.40. The molecule has 6 aromatic carbocycles. The van der Waals surface area contributed by atoms with Crippen molar-refractivity contribution in [2.45, 2.75) is 33.1 Å². The summed E-state index contributed by atoms with van der Waals surface area (Å²) in [4.78, 5) is 0. The normalized spacial score (nSPS) is 12.6. The Balaban J connectivity index is 1.61. The molecule has 8 aromatic rings. The summed E-state index contributed by atoms with van der Waals surface area (Å²) in [5.41, 5.74) is 2.09. The van der Waals surface area contributed by atoms with Gasteiger partial charge in [-0.25, -0.2) is 0 Å². The monoisotopic (exact) mass is 662 g/mol. The molecular formula is C41H28F6N2. The number of hydrogen-bond acceptors (Lipinski definition) is 0. The zero-order valence-corrected chi connectivity index (χ0v) is 26.6. The Morgan fingerprint density at radius 2 is 0.918 bits per heavy atom. The summed E-state index contributed by atoms with van der Waals surface area (Å²) in [5, 5.41) is 3.06. The molecule has 0 aliphatic rings. The van der Waals surface area contributed by atoms with Crippen LogP contribution in [0.25, 0.3) is 66.1 Å². The van der Waals surface area contributed by atoms with Gasteiger partial charge in [-0.3, -0.25) is 0 Å². The van der Waals surface area contributed by atoms with Crippen LogP contribution in [0.15, 0.2) is 115 Å². The highest BCUT2D eigenvalue weighted by molar-refractivity contribution is 6.11. The number of fused-ring (bicyclic) bond motifs is 6. The molecule has 0 bridgehead atoms. The fourth-order valence-corrected chi connectivity index (χ4v) is 7.33. The maximum absolute atomic E-state index is 15.5. The molecule has 0 spiro atoms. The second kappa shape index (κ2) is 10.8. The van der Waals surface area contributed by atoms with E-state index in [9.17, 15) is 13.2 Å². The summed E-state index contributed by atoms with van der Waals surface area (Å²) in [7, 11) is 0. The van der Waals surface area contributed by atoms with Crippen molar-refractivity contribution in [3.8, 4) is 22.5 Å². The standard InChI is InChI=1S/C41H28F6N2/c1-23-15-17-35-28(19-23)26-10-4-6-13-33(26)48(35)37-22-32(41(45,46)47)38(21-30(37)39-25(3)9-8-12-31(39)40(42,43)44)49-34-14-7-5-11-27(34)29-20-24(2)16-18-36(29)49/h4-22H,1-3H3. The van der Waals surface area contributed by atoms with Gasteiger partial charge in [0.15, 0.2) is 0 Å². The topological polar surface area (TPSA) is 9.86 Å². The van der Waals surface area contributed by atoms with E-state index in [1.165, 1.54) is 16.7 Å². The predicted molar refractivity (Wildman–Crippen MR) is 185 cm³/mol. The summed E-state index contributed by atoms with van der Waals surface area (Å²) in [5.74, 6) is 0. The minimum Gasteiger partial charge on any atom is -0.309 e. The quantitative estimate of drug-likeness (QED) is 0.167. The summed E-state index contributed by atoms with van der Waals surface area (Å²) in [6, 6.07) is 31.7. The first-order valence-corrected chi connectivity index (χ1v) is 15.8. The van der Waals surface area contributed by atoms with E-state index in [0.29, 0.717) is 22.1 Å². The Bertz CT molecular complexity index is 2620. The average molecular weight is 663 g/mol. The minimum atomic E-state index is -4.86. The smallest absolute Gasteiger partial charge is 0.309 e. The molecule has 0 aliphatic carbocycles. The number of aryl methyl sites for hydroxylation is 3. The SMILES string of the molecule is Cc1ccc2c(c1)c1ccccc1n2-c1cc(C(F)(F)F)c(-n2c3ccccc3c3cc(C)ccc32)cc1-c1c(C)cccc1C(F)(F)F. The van der Waals surface area contributed by atoms with Crippen molar-refractivity contribution in [1.82, 2.24) is 9.13 Å². The number of alkyl halides is 6. The van der Waals surface area contributed by atoms with E-state index in [4.69, 9.17) is 0 Å². The van der Waals surface area contributed by atoms with Crippen LogP contribution in [0, 0.1) is 20.8 Å². The van der Waals surface area contributed by atoms with Crippen LogP contribution in [0.1, 0.15) is 27.8 Å². The van der Waals surface area contributed by atoms with Gasteiger partial charge in [0.2, 0.25) is 0 Å². The van der Waals surface area contributed by atoms with Crippen molar-refractivity contribution in [1.29, 1.82) is 0 Å². The number of hydrogen-bond donors (Lipinski definition) is 0. The summed E-state index contributed by atoms with van der Waals surface area (Å²) in [6.45, 7) is 5.39. The first-order chi connectivity index (χ1) is 23.3. The lowest BCUT2D eigenvalue weighted by molar-refractivity contribution is -0.138. The molecule has 2 nitrogen and oxygen atoms in total.